The van der Waals surface area contributed by atoms with E-state index in [0.717, 1.165) is 60.0 Å². The number of nitrogens with zero attached hydrogens (tertiary/aromatic N) is 5. The highest BCUT2D eigenvalue weighted by atomic mass is 16.6. The van der Waals surface area contributed by atoms with Gasteiger partial charge in [-0.1, -0.05) is 36.6 Å². The lowest BCUT2D eigenvalue weighted by Crippen LogP contribution is -2.52. The Labute approximate surface area is 379 Å². The molecule has 1 fully saturated rings. The van der Waals surface area contributed by atoms with Crippen molar-refractivity contribution in [1.82, 2.24) is 25.2 Å². The number of unbranched alkanes of at least 4 members (excludes halogenated alkanes) is 2. The van der Waals surface area contributed by atoms with Gasteiger partial charge in [-0.25, -0.2) is 9.97 Å². The highest BCUT2D eigenvalue weighted by Crippen LogP contribution is 2.30. The van der Waals surface area contributed by atoms with Crippen molar-refractivity contribution >= 4 is 40.3 Å². The molecule has 3 aromatic heterocycles. The van der Waals surface area contributed by atoms with Crippen LogP contribution < -0.4 is 15.5 Å². The average molecular weight is 884 g/mol. The number of piperazine rings is 1. The summed E-state index contributed by atoms with van der Waals surface area (Å²) in [4.78, 5) is 53.5. The van der Waals surface area contributed by atoms with Crippen LogP contribution in [-0.4, -0.2) is 123 Å². The van der Waals surface area contributed by atoms with Gasteiger partial charge in [-0.05, 0) is 91.8 Å². The van der Waals surface area contributed by atoms with Gasteiger partial charge < -0.3 is 38.9 Å². The van der Waals surface area contributed by atoms with Crippen molar-refractivity contribution < 1.29 is 37.7 Å². The Hall–Kier alpha value is -6.44. The third-order valence-corrected chi connectivity index (χ3v) is 11.0. The number of fused-ring (bicyclic) bond motifs is 2. The number of hydrogen-bond donors (Lipinski definition) is 2. The van der Waals surface area contributed by atoms with Gasteiger partial charge in [0.15, 0.2) is 5.82 Å². The van der Waals surface area contributed by atoms with Crippen LogP contribution in [0.15, 0.2) is 96.2 Å². The second-order valence-electron chi connectivity index (χ2n) is 15.7. The van der Waals surface area contributed by atoms with E-state index < -0.39 is 0 Å². The molecule has 4 heterocycles. The van der Waals surface area contributed by atoms with Crippen LogP contribution in [0.2, 0.25) is 0 Å². The Balaban J connectivity index is 0.657. The van der Waals surface area contributed by atoms with Crippen molar-refractivity contribution in [1.29, 1.82) is 0 Å². The van der Waals surface area contributed by atoms with Gasteiger partial charge in [-0.2, -0.15) is 0 Å². The van der Waals surface area contributed by atoms with Gasteiger partial charge in [0.25, 0.3) is 0 Å². The zero-order valence-electron chi connectivity index (χ0n) is 36.8. The van der Waals surface area contributed by atoms with E-state index in [2.05, 4.69) is 58.3 Å². The standard InChI is InChI=1S/C50H57N7O8/c1-2-46(59)56-22-23-57(47(60)36-56)48-19-17-42(65-48)16-18-45(58)52-21-6-3-7-24-61-26-28-63-30-31-64-29-27-62-25-9-10-37-14-15-38-33-41(34-40(38)32-37)53-50-43-12-4-5-13-44(43)54-49(55-50)39-11-8-20-51-35-39/h2,4-5,8,11-15,17,19-20,32,35,41H,1,3,6-7,16,18,21-31,33-34,36H2,(H,52,58)(H,53,54,55). The number of carbonyl (C=O) groups excluding carboxylic acids is 3. The molecule has 0 radical (unpaired) electrons. The van der Waals surface area contributed by atoms with Crippen LogP contribution in [0.3, 0.4) is 0 Å². The number of anilines is 2. The molecule has 1 unspecified atom stereocenters. The van der Waals surface area contributed by atoms with Gasteiger partial charge in [-0.3, -0.25) is 24.3 Å². The topological polar surface area (TPSA) is 170 Å². The Morgan fingerprint density at radius 3 is 2.46 bits per heavy atom. The molecule has 1 aliphatic carbocycles. The quantitative estimate of drug-likeness (QED) is 0.0450. The predicted molar refractivity (Wildman–Crippen MR) is 247 cm³/mol. The molecule has 5 aromatic rings. The summed E-state index contributed by atoms with van der Waals surface area (Å²) in [6, 6.07) is 22.1. The minimum absolute atomic E-state index is 0.0155. The van der Waals surface area contributed by atoms with E-state index in [1.807, 2.05) is 30.3 Å². The Morgan fingerprint density at radius 2 is 1.66 bits per heavy atom. The van der Waals surface area contributed by atoms with Crippen molar-refractivity contribution in [3.05, 3.63) is 114 Å². The van der Waals surface area contributed by atoms with E-state index in [4.69, 9.17) is 33.3 Å². The monoisotopic (exact) mass is 883 g/mol. The molecule has 340 valence electrons. The second kappa shape index (κ2) is 24.6. The Kier molecular flexibility index (Phi) is 17.6. The number of pyridine rings is 1. The van der Waals surface area contributed by atoms with Gasteiger partial charge in [0.2, 0.25) is 23.6 Å². The molecule has 0 bridgehead atoms. The van der Waals surface area contributed by atoms with Crippen LogP contribution >= 0.6 is 0 Å². The lowest BCUT2D eigenvalue weighted by Gasteiger charge is -2.32. The summed E-state index contributed by atoms with van der Waals surface area (Å²) < 4.78 is 28.3. The van der Waals surface area contributed by atoms with E-state index in [1.165, 1.54) is 27.0 Å². The van der Waals surface area contributed by atoms with E-state index in [9.17, 15) is 14.4 Å². The molecule has 3 amide bonds. The minimum Gasteiger partial charge on any atom is -0.445 e. The highest BCUT2D eigenvalue weighted by Gasteiger charge is 2.29. The summed E-state index contributed by atoms with van der Waals surface area (Å²) in [7, 11) is 0. The van der Waals surface area contributed by atoms with Gasteiger partial charge in [0.1, 0.15) is 24.7 Å². The summed E-state index contributed by atoms with van der Waals surface area (Å²) >= 11 is 0. The Bertz CT molecular complexity index is 2430. The molecule has 65 heavy (non-hydrogen) atoms. The normalized spacial score (nSPS) is 14.5. The molecule has 1 aliphatic heterocycles. The van der Waals surface area contributed by atoms with E-state index in [1.54, 1.807) is 24.5 Å². The first-order valence-corrected chi connectivity index (χ1v) is 22.4. The van der Waals surface area contributed by atoms with Crippen LogP contribution in [0.5, 0.6) is 0 Å². The number of amides is 3. The van der Waals surface area contributed by atoms with Crippen molar-refractivity contribution in [2.24, 2.45) is 0 Å². The molecule has 1 atom stereocenters. The molecular weight excluding hydrogens is 827 g/mol. The lowest BCUT2D eigenvalue weighted by molar-refractivity contribution is -0.133. The maximum atomic E-state index is 12.5. The van der Waals surface area contributed by atoms with E-state index in [-0.39, 0.29) is 30.3 Å². The zero-order valence-corrected chi connectivity index (χ0v) is 36.8. The molecule has 2 N–H and O–H groups in total. The van der Waals surface area contributed by atoms with Gasteiger partial charge in [0, 0.05) is 80.1 Å². The fraction of sp³-hybridized carbons (Fsp3) is 0.400. The molecule has 2 aromatic carbocycles. The van der Waals surface area contributed by atoms with Gasteiger partial charge >= 0.3 is 0 Å². The van der Waals surface area contributed by atoms with Crippen LogP contribution in [0, 0.1) is 11.8 Å². The molecule has 15 heteroatoms. The number of rotatable bonds is 24. The maximum absolute atomic E-state index is 12.5. The van der Waals surface area contributed by atoms with Crippen molar-refractivity contribution in [2.75, 3.05) is 89.3 Å². The number of aromatic nitrogens is 3. The predicted octanol–water partition coefficient (Wildman–Crippen LogP) is 5.56. The van der Waals surface area contributed by atoms with Crippen molar-refractivity contribution in [3.63, 3.8) is 0 Å². The first-order chi connectivity index (χ1) is 31.9. The number of benzene rings is 2. The first-order valence-electron chi connectivity index (χ1n) is 22.4. The highest BCUT2D eigenvalue weighted by molar-refractivity contribution is 5.98. The van der Waals surface area contributed by atoms with Crippen molar-refractivity contribution in [3.8, 4) is 23.2 Å². The largest absolute Gasteiger partial charge is 0.445 e. The zero-order chi connectivity index (χ0) is 45.1. The molecule has 1 saturated heterocycles. The minimum atomic E-state index is -0.266. The summed E-state index contributed by atoms with van der Waals surface area (Å²) in [5, 5.41) is 7.65. The van der Waals surface area contributed by atoms with Crippen LogP contribution in [0.25, 0.3) is 22.3 Å². The second-order valence-corrected chi connectivity index (χ2v) is 15.7. The molecule has 0 spiro atoms. The molecular formula is C50H57N7O8. The maximum Gasteiger partial charge on any atom is 0.248 e. The van der Waals surface area contributed by atoms with Gasteiger partial charge in [0.05, 0.1) is 45.2 Å². The average Bonchev–Trinajstić information content (AvgIpc) is 3.98. The molecule has 0 saturated carbocycles. The Morgan fingerprint density at radius 1 is 0.862 bits per heavy atom. The number of para-hydroxylation sites is 1. The van der Waals surface area contributed by atoms with E-state index in [0.29, 0.717) is 103 Å². The summed E-state index contributed by atoms with van der Waals surface area (Å²) in [6.45, 7) is 8.67. The van der Waals surface area contributed by atoms with Crippen LogP contribution in [0.4, 0.5) is 11.7 Å². The van der Waals surface area contributed by atoms with E-state index >= 15 is 0 Å². The first kappa shape index (κ1) is 46.5. The number of furan rings is 1. The number of carbonyl (C=O) groups is 3. The van der Waals surface area contributed by atoms with Crippen LogP contribution in [0.1, 0.15) is 48.1 Å². The van der Waals surface area contributed by atoms with Crippen molar-refractivity contribution in [2.45, 2.75) is 51.0 Å². The molecule has 2 aliphatic rings. The molecule has 15 nitrogen and oxygen atoms in total. The third-order valence-electron chi connectivity index (χ3n) is 11.0. The fourth-order valence-electron chi connectivity index (χ4n) is 7.65. The SMILES string of the molecule is C=CC(=O)N1CCN(c2ccc(CCC(=O)NCCCCCOCCOCCOCCOCC#Cc3ccc4c(c3)CC(Nc3nc(-c5cccnc5)nc5ccccc35)C4)o2)C(=O)C1. The third kappa shape index (κ3) is 14.0. The summed E-state index contributed by atoms with van der Waals surface area (Å²) in [5.41, 5.74) is 5.37. The number of nitrogens with one attached hydrogen (secondary N) is 2. The lowest BCUT2D eigenvalue weighted by atomic mass is 10.1. The number of ether oxygens (including phenoxy) is 4. The fourth-order valence-corrected chi connectivity index (χ4v) is 7.65. The number of hydrogen-bond acceptors (Lipinski definition) is 12. The van der Waals surface area contributed by atoms with Crippen LogP contribution in [-0.2, 0) is 52.6 Å². The number of aryl methyl sites for hydroxylation is 1. The summed E-state index contributed by atoms with van der Waals surface area (Å²) in [5.74, 6) is 8.37. The smallest absolute Gasteiger partial charge is 0.248 e. The van der Waals surface area contributed by atoms with Gasteiger partial charge in [-0.15, -0.1) is 0 Å². The summed E-state index contributed by atoms with van der Waals surface area (Å²) in [6.07, 6.45) is 9.96. The molecule has 7 rings (SSSR count).